The van der Waals surface area contributed by atoms with Crippen molar-refractivity contribution in [2.24, 2.45) is 0 Å². The van der Waals surface area contributed by atoms with Crippen molar-refractivity contribution < 1.29 is 9.90 Å². The van der Waals surface area contributed by atoms with Crippen LogP contribution in [-0.4, -0.2) is 20.5 Å². The number of hydrogen-bond acceptors (Lipinski definition) is 2. The number of imidazole rings is 1. The summed E-state index contributed by atoms with van der Waals surface area (Å²) in [6, 6.07) is 3.83. The lowest BCUT2D eigenvalue weighted by atomic mass is 10.1. The summed E-state index contributed by atoms with van der Waals surface area (Å²) < 4.78 is 1.89. The van der Waals surface area contributed by atoms with Crippen LogP contribution in [0.25, 0.3) is 5.52 Å². The molecule has 0 spiro atoms. The normalized spacial score (nSPS) is 10.6. The highest BCUT2D eigenvalue weighted by Gasteiger charge is 2.03. The van der Waals surface area contributed by atoms with E-state index in [0.29, 0.717) is 6.42 Å². The molecule has 14 heavy (non-hydrogen) atoms. The summed E-state index contributed by atoms with van der Waals surface area (Å²) in [6.45, 7) is 0. The van der Waals surface area contributed by atoms with Gasteiger partial charge in [0.2, 0.25) is 0 Å². The molecule has 0 amide bonds. The van der Waals surface area contributed by atoms with Gasteiger partial charge in [-0.25, -0.2) is 4.98 Å². The lowest BCUT2D eigenvalue weighted by Crippen LogP contribution is -1.98. The summed E-state index contributed by atoms with van der Waals surface area (Å²) in [5.74, 6) is -0.772. The molecule has 2 aromatic rings. The molecule has 0 fully saturated rings. The molecule has 72 valence electrons. The Morgan fingerprint density at radius 3 is 3.21 bits per heavy atom. The van der Waals surface area contributed by atoms with Crippen molar-refractivity contribution in [2.45, 2.75) is 12.8 Å². The minimum atomic E-state index is -0.772. The summed E-state index contributed by atoms with van der Waals surface area (Å²) >= 11 is 0. The van der Waals surface area contributed by atoms with E-state index in [-0.39, 0.29) is 6.42 Å². The summed E-state index contributed by atoms with van der Waals surface area (Å²) in [4.78, 5) is 14.4. The summed E-state index contributed by atoms with van der Waals surface area (Å²) in [5, 5.41) is 8.58. The van der Waals surface area contributed by atoms with E-state index < -0.39 is 5.97 Å². The number of pyridine rings is 1. The molecule has 0 aromatic carbocycles. The number of aliphatic carboxylic acids is 1. The molecule has 4 heteroatoms. The predicted molar refractivity (Wildman–Crippen MR) is 51.1 cm³/mol. The average molecular weight is 190 g/mol. The zero-order chi connectivity index (χ0) is 9.97. The Bertz CT molecular complexity index is 462. The number of rotatable bonds is 3. The first-order valence-corrected chi connectivity index (χ1v) is 4.39. The largest absolute Gasteiger partial charge is 0.481 e. The number of aromatic nitrogens is 2. The van der Waals surface area contributed by atoms with Gasteiger partial charge >= 0.3 is 5.97 Å². The SMILES string of the molecule is O=C(O)CCc1cccn2cncc12. The third-order valence-corrected chi connectivity index (χ3v) is 2.15. The number of fused-ring (bicyclic) bond motifs is 1. The lowest BCUT2D eigenvalue weighted by Gasteiger charge is -2.01. The number of aryl methyl sites for hydroxylation is 1. The minimum Gasteiger partial charge on any atom is -0.481 e. The number of nitrogens with zero attached hydrogens (tertiary/aromatic N) is 2. The first-order chi connectivity index (χ1) is 6.77. The van der Waals surface area contributed by atoms with Gasteiger partial charge in [-0.15, -0.1) is 0 Å². The highest BCUT2D eigenvalue weighted by atomic mass is 16.4. The molecule has 0 bridgehead atoms. The van der Waals surface area contributed by atoms with Gasteiger partial charge in [-0.05, 0) is 18.1 Å². The first-order valence-electron chi connectivity index (χ1n) is 4.39. The average Bonchev–Trinajstić information content (AvgIpc) is 2.62. The lowest BCUT2D eigenvalue weighted by molar-refractivity contribution is -0.136. The smallest absolute Gasteiger partial charge is 0.303 e. The number of carboxylic acid groups (broad SMARTS) is 1. The first kappa shape index (κ1) is 8.74. The van der Waals surface area contributed by atoms with E-state index >= 15 is 0 Å². The highest BCUT2D eigenvalue weighted by molar-refractivity contribution is 5.68. The van der Waals surface area contributed by atoms with Crippen LogP contribution < -0.4 is 0 Å². The van der Waals surface area contributed by atoms with Crippen molar-refractivity contribution in [3.8, 4) is 0 Å². The molecule has 0 atom stereocenters. The van der Waals surface area contributed by atoms with E-state index in [2.05, 4.69) is 4.98 Å². The van der Waals surface area contributed by atoms with E-state index in [0.717, 1.165) is 11.1 Å². The van der Waals surface area contributed by atoms with Crippen LogP contribution in [-0.2, 0) is 11.2 Å². The maximum absolute atomic E-state index is 10.4. The fourth-order valence-corrected chi connectivity index (χ4v) is 1.46. The Morgan fingerprint density at radius 1 is 1.57 bits per heavy atom. The van der Waals surface area contributed by atoms with Gasteiger partial charge in [0.25, 0.3) is 0 Å². The van der Waals surface area contributed by atoms with Gasteiger partial charge in [0.15, 0.2) is 0 Å². The molecule has 1 N–H and O–H groups in total. The van der Waals surface area contributed by atoms with Crippen LogP contribution in [0, 0.1) is 0 Å². The van der Waals surface area contributed by atoms with Crippen LogP contribution in [0.15, 0.2) is 30.9 Å². The van der Waals surface area contributed by atoms with Crippen LogP contribution in [0.1, 0.15) is 12.0 Å². The van der Waals surface area contributed by atoms with E-state index in [1.807, 2.05) is 22.7 Å². The fraction of sp³-hybridized carbons (Fsp3) is 0.200. The Kier molecular flexibility index (Phi) is 2.18. The Hall–Kier alpha value is -1.84. The highest BCUT2D eigenvalue weighted by Crippen LogP contribution is 2.11. The van der Waals surface area contributed by atoms with E-state index in [1.54, 1.807) is 12.5 Å². The van der Waals surface area contributed by atoms with Crippen LogP contribution in [0.5, 0.6) is 0 Å². The van der Waals surface area contributed by atoms with E-state index in [9.17, 15) is 4.79 Å². The number of carboxylic acids is 1. The van der Waals surface area contributed by atoms with Crippen molar-refractivity contribution in [1.29, 1.82) is 0 Å². The molecule has 2 aromatic heterocycles. The maximum atomic E-state index is 10.4. The van der Waals surface area contributed by atoms with Crippen molar-refractivity contribution in [3.05, 3.63) is 36.4 Å². The Balaban J connectivity index is 2.32. The molecule has 4 nitrogen and oxygen atoms in total. The van der Waals surface area contributed by atoms with Crippen molar-refractivity contribution in [2.75, 3.05) is 0 Å². The summed E-state index contributed by atoms with van der Waals surface area (Å²) in [7, 11) is 0. The molecule has 0 aliphatic rings. The third kappa shape index (κ3) is 1.59. The van der Waals surface area contributed by atoms with Gasteiger partial charge in [-0.3, -0.25) is 4.79 Å². The summed E-state index contributed by atoms with van der Waals surface area (Å²) in [5.41, 5.74) is 2.00. The third-order valence-electron chi connectivity index (χ3n) is 2.15. The minimum absolute atomic E-state index is 0.158. The van der Waals surface area contributed by atoms with Crippen LogP contribution in [0.2, 0.25) is 0 Å². The molecule has 0 saturated heterocycles. The molecule has 0 aliphatic heterocycles. The Morgan fingerprint density at radius 2 is 2.43 bits per heavy atom. The van der Waals surface area contributed by atoms with Gasteiger partial charge < -0.3 is 9.51 Å². The zero-order valence-corrected chi connectivity index (χ0v) is 7.55. The molecule has 0 saturated carbocycles. The molecule has 2 heterocycles. The number of carbonyl (C=O) groups is 1. The molecule has 0 radical (unpaired) electrons. The van der Waals surface area contributed by atoms with Gasteiger partial charge in [0.05, 0.1) is 18.0 Å². The predicted octanol–water partition coefficient (Wildman–Crippen LogP) is 1.35. The molecular weight excluding hydrogens is 180 g/mol. The monoisotopic (exact) mass is 190 g/mol. The van der Waals surface area contributed by atoms with Gasteiger partial charge in [-0.2, -0.15) is 0 Å². The molecule has 0 unspecified atom stereocenters. The standard InChI is InChI=1S/C10H10N2O2/c13-10(14)4-3-8-2-1-5-12-7-11-6-9(8)12/h1-2,5-7H,3-4H2,(H,13,14). The van der Waals surface area contributed by atoms with Gasteiger partial charge in [0.1, 0.15) is 0 Å². The van der Waals surface area contributed by atoms with E-state index in [1.165, 1.54) is 0 Å². The second-order valence-electron chi connectivity index (χ2n) is 3.11. The maximum Gasteiger partial charge on any atom is 0.303 e. The van der Waals surface area contributed by atoms with Crippen LogP contribution in [0.4, 0.5) is 0 Å². The zero-order valence-electron chi connectivity index (χ0n) is 7.55. The van der Waals surface area contributed by atoms with Crippen molar-refractivity contribution >= 4 is 11.5 Å². The molecule has 2 rings (SSSR count). The molecule has 0 aliphatic carbocycles. The van der Waals surface area contributed by atoms with E-state index in [4.69, 9.17) is 5.11 Å². The van der Waals surface area contributed by atoms with Crippen molar-refractivity contribution in [1.82, 2.24) is 9.38 Å². The fourth-order valence-electron chi connectivity index (χ4n) is 1.46. The second kappa shape index (κ2) is 3.49. The van der Waals surface area contributed by atoms with Gasteiger partial charge in [-0.1, -0.05) is 6.07 Å². The van der Waals surface area contributed by atoms with Gasteiger partial charge in [0, 0.05) is 12.6 Å². The topological polar surface area (TPSA) is 54.6 Å². The summed E-state index contributed by atoms with van der Waals surface area (Å²) in [6.07, 6.45) is 6.06. The van der Waals surface area contributed by atoms with Crippen molar-refractivity contribution in [3.63, 3.8) is 0 Å². The van der Waals surface area contributed by atoms with Crippen LogP contribution >= 0.6 is 0 Å². The quantitative estimate of drug-likeness (QED) is 0.794. The number of hydrogen-bond donors (Lipinski definition) is 1. The van der Waals surface area contributed by atoms with Crippen LogP contribution in [0.3, 0.4) is 0 Å². The second-order valence-corrected chi connectivity index (χ2v) is 3.11. The molecular formula is C10H10N2O2. The Labute approximate surface area is 80.8 Å².